The Hall–Kier alpha value is -3.34. The predicted octanol–water partition coefficient (Wildman–Crippen LogP) is 1.95. The predicted molar refractivity (Wildman–Crippen MR) is 115 cm³/mol. The van der Waals surface area contributed by atoms with Gasteiger partial charge >= 0.3 is 6.03 Å². The molecule has 8 nitrogen and oxygen atoms in total. The quantitative estimate of drug-likeness (QED) is 0.663. The first-order chi connectivity index (χ1) is 15.5. The number of benzene rings is 2. The van der Waals surface area contributed by atoms with Crippen LogP contribution < -0.4 is 10.2 Å². The molecule has 0 unspecified atom stereocenters. The Morgan fingerprint density at radius 3 is 2.52 bits per heavy atom. The SMILES string of the molecule is C[C@]1(c2cc(F)ccc2F)NC(=O)N(CC(=O)N(c2ccccc2)[C@H]2CCS(=O)(=O)C2)C1=O. The van der Waals surface area contributed by atoms with Crippen LogP contribution in [0.3, 0.4) is 0 Å². The number of nitrogens with zero attached hydrogens (tertiary/aromatic N) is 2. The van der Waals surface area contributed by atoms with E-state index in [0.717, 1.165) is 18.2 Å². The van der Waals surface area contributed by atoms with Crippen LogP contribution in [-0.2, 0) is 25.0 Å². The number of carbonyl (C=O) groups excluding carboxylic acids is 3. The molecule has 174 valence electrons. The van der Waals surface area contributed by atoms with E-state index in [1.165, 1.54) is 11.8 Å². The third-order valence-corrected chi connectivity index (χ3v) is 7.66. The maximum absolute atomic E-state index is 14.4. The molecule has 2 saturated heterocycles. The van der Waals surface area contributed by atoms with Crippen molar-refractivity contribution in [3.63, 3.8) is 0 Å². The van der Waals surface area contributed by atoms with Gasteiger partial charge in [-0.05, 0) is 43.7 Å². The van der Waals surface area contributed by atoms with E-state index in [2.05, 4.69) is 5.32 Å². The van der Waals surface area contributed by atoms with Gasteiger partial charge in [0.05, 0.1) is 17.5 Å². The fraction of sp³-hybridized carbons (Fsp3) is 0.318. The summed E-state index contributed by atoms with van der Waals surface area (Å²) in [7, 11) is -3.33. The first-order valence-corrected chi connectivity index (χ1v) is 12.0. The monoisotopic (exact) mass is 477 g/mol. The molecule has 33 heavy (non-hydrogen) atoms. The fourth-order valence-electron chi connectivity index (χ4n) is 4.24. The van der Waals surface area contributed by atoms with Crippen molar-refractivity contribution in [2.45, 2.75) is 24.9 Å². The number of para-hydroxylation sites is 1. The van der Waals surface area contributed by atoms with Crippen molar-refractivity contribution in [1.82, 2.24) is 10.2 Å². The third kappa shape index (κ3) is 4.20. The summed E-state index contributed by atoms with van der Waals surface area (Å²) >= 11 is 0. The molecule has 0 spiro atoms. The van der Waals surface area contributed by atoms with Crippen LogP contribution in [-0.4, -0.2) is 55.3 Å². The largest absolute Gasteiger partial charge is 0.325 e. The number of nitrogens with one attached hydrogen (secondary N) is 1. The molecule has 0 saturated carbocycles. The average Bonchev–Trinajstić information content (AvgIpc) is 3.22. The Labute approximate surface area is 189 Å². The van der Waals surface area contributed by atoms with Gasteiger partial charge in [-0.3, -0.25) is 14.5 Å². The number of amides is 4. The van der Waals surface area contributed by atoms with Gasteiger partial charge in [-0.25, -0.2) is 22.0 Å². The second-order valence-electron chi connectivity index (χ2n) is 8.23. The molecule has 0 aliphatic carbocycles. The molecule has 2 aromatic carbocycles. The molecule has 2 aliphatic heterocycles. The minimum Gasteiger partial charge on any atom is -0.319 e. The maximum atomic E-state index is 14.4. The van der Waals surface area contributed by atoms with E-state index in [1.54, 1.807) is 30.3 Å². The summed E-state index contributed by atoms with van der Waals surface area (Å²) in [5.41, 5.74) is -1.84. The number of carbonyl (C=O) groups is 3. The highest BCUT2D eigenvalue weighted by molar-refractivity contribution is 7.91. The van der Waals surface area contributed by atoms with Gasteiger partial charge in [0, 0.05) is 11.3 Å². The summed E-state index contributed by atoms with van der Waals surface area (Å²) in [6.07, 6.45) is 0.218. The molecule has 2 aliphatic rings. The van der Waals surface area contributed by atoms with Crippen molar-refractivity contribution in [1.29, 1.82) is 0 Å². The zero-order valence-electron chi connectivity index (χ0n) is 17.6. The number of anilines is 1. The van der Waals surface area contributed by atoms with E-state index in [9.17, 15) is 31.6 Å². The lowest BCUT2D eigenvalue weighted by Gasteiger charge is -2.30. The molecular formula is C22H21F2N3O5S. The van der Waals surface area contributed by atoms with Gasteiger partial charge in [-0.2, -0.15) is 0 Å². The van der Waals surface area contributed by atoms with Gasteiger partial charge in [-0.15, -0.1) is 0 Å². The molecule has 0 aromatic heterocycles. The normalized spacial score (nSPS) is 24.1. The molecule has 11 heteroatoms. The number of imide groups is 1. The highest BCUT2D eigenvalue weighted by Gasteiger charge is 2.51. The van der Waals surface area contributed by atoms with Crippen LogP contribution in [0.4, 0.5) is 19.3 Å². The van der Waals surface area contributed by atoms with Crippen LogP contribution >= 0.6 is 0 Å². The fourth-order valence-corrected chi connectivity index (χ4v) is 5.94. The number of hydrogen-bond acceptors (Lipinski definition) is 5. The summed E-state index contributed by atoms with van der Waals surface area (Å²) in [4.78, 5) is 40.9. The Kier molecular flexibility index (Phi) is 5.69. The first-order valence-electron chi connectivity index (χ1n) is 10.2. The van der Waals surface area contributed by atoms with E-state index in [4.69, 9.17) is 0 Å². The lowest BCUT2D eigenvalue weighted by molar-refractivity contribution is -0.134. The second-order valence-corrected chi connectivity index (χ2v) is 10.5. The minimum atomic E-state index is -3.33. The minimum absolute atomic E-state index is 0.0751. The number of urea groups is 1. The van der Waals surface area contributed by atoms with Crippen LogP contribution in [0.15, 0.2) is 48.5 Å². The standard InChI is InChI=1S/C22H21F2N3O5S/c1-22(17-11-14(23)7-8-18(17)24)20(29)26(21(30)25-22)12-19(28)27(15-5-3-2-4-6-15)16-9-10-33(31,32)13-16/h2-8,11,16H,9-10,12-13H2,1H3,(H,25,30)/t16-,22+/m0/s1. The summed E-state index contributed by atoms with van der Waals surface area (Å²) < 4.78 is 52.1. The Morgan fingerprint density at radius 1 is 1.18 bits per heavy atom. The number of halogens is 2. The zero-order valence-corrected chi connectivity index (χ0v) is 18.4. The summed E-state index contributed by atoms with van der Waals surface area (Å²) in [6, 6.07) is 9.30. The lowest BCUT2D eigenvalue weighted by atomic mass is 9.91. The molecule has 0 bridgehead atoms. The van der Waals surface area contributed by atoms with Crippen molar-refractivity contribution < 1.29 is 31.6 Å². The highest BCUT2D eigenvalue weighted by Crippen LogP contribution is 2.32. The van der Waals surface area contributed by atoms with Gasteiger partial charge in [0.25, 0.3) is 5.91 Å². The van der Waals surface area contributed by atoms with Gasteiger partial charge < -0.3 is 10.2 Å². The van der Waals surface area contributed by atoms with Gasteiger partial charge in [0.1, 0.15) is 23.7 Å². The zero-order chi connectivity index (χ0) is 24.0. The van der Waals surface area contributed by atoms with Crippen molar-refractivity contribution in [3.05, 3.63) is 65.7 Å². The van der Waals surface area contributed by atoms with Crippen LogP contribution in [0.5, 0.6) is 0 Å². The third-order valence-electron chi connectivity index (χ3n) is 5.91. The van der Waals surface area contributed by atoms with Gasteiger partial charge in [0.2, 0.25) is 5.91 Å². The topological polar surface area (TPSA) is 104 Å². The van der Waals surface area contributed by atoms with Crippen molar-refractivity contribution in [3.8, 4) is 0 Å². The maximum Gasteiger partial charge on any atom is 0.325 e. The van der Waals surface area contributed by atoms with Crippen LogP contribution in [0.2, 0.25) is 0 Å². The van der Waals surface area contributed by atoms with Crippen LogP contribution in [0.1, 0.15) is 18.9 Å². The molecule has 0 radical (unpaired) electrons. The van der Waals surface area contributed by atoms with Crippen LogP contribution in [0.25, 0.3) is 0 Å². The molecule has 2 fully saturated rings. The summed E-state index contributed by atoms with van der Waals surface area (Å²) in [5.74, 6) is -3.58. The van der Waals surface area contributed by atoms with E-state index in [1.807, 2.05) is 0 Å². The Morgan fingerprint density at radius 2 is 1.88 bits per heavy atom. The Bertz CT molecular complexity index is 1240. The number of hydrogen-bond donors (Lipinski definition) is 1. The average molecular weight is 477 g/mol. The molecule has 2 aromatic rings. The van der Waals surface area contributed by atoms with E-state index >= 15 is 0 Å². The smallest absolute Gasteiger partial charge is 0.319 e. The first kappa shape index (κ1) is 22.8. The van der Waals surface area contributed by atoms with Crippen molar-refractivity contribution >= 4 is 33.4 Å². The lowest BCUT2D eigenvalue weighted by Crippen LogP contribution is -2.48. The summed E-state index contributed by atoms with van der Waals surface area (Å²) in [5, 5.41) is 2.35. The number of rotatable bonds is 5. The van der Waals surface area contributed by atoms with Crippen LogP contribution in [0, 0.1) is 11.6 Å². The molecule has 2 atom stereocenters. The molecule has 4 amide bonds. The van der Waals surface area contributed by atoms with Crippen molar-refractivity contribution in [2.75, 3.05) is 23.0 Å². The van der Waals surface area contributed by atoms with Gasteiger partial charge in [-0.1, -0.05) is 18.2 Å². The molecular weight excluding hydrogens is 456 g/mol. The van der Waals surface area contributed by atoms with E-state index < -0.39 is 57.4 Å². The number of sulfone groups is 1. The van der Waals surface area contributed by atoms with Crippen molar-refractivity contribution in [2.24, 2.45) is 0 Å². The second kappa shape index (κ2) is 8.22. The van der Waals surface area contributed by atoms with Gasteiger partial charge in [0.15, 0.2) is 9.84 Å². The molecule has 1 N–H and O–H groups in total. The highest BCUT2D eigenvalue weighted by atomic mass is 32.2. The molecule has 4 rings (SSSR count). The van der Waals surface area contributed by atoms with E-state index in [0.29, 0.717) is 10.6 Å². The summed E-state index contributed by atoms with van der Waals surface area (Å²) in [6.45, 7) is 0.538. The van der Waals surface area contributed by atoms with E-state index in [-0.39, 0.29) is 23.5 Å². The Balaban J connectivity index is 1.63. The molecule has 2 heterocycles.